The van der Waals surface area contributed by atoms with Crippen LogP contribution in [0, 0.1) is 0 Å². The lowest BCUT2D eigenvalue weighted by molar-refractivity contribution is 0.173. The molecule has 2 aliphatic rings. The molecule has 1 N–H and O–H groups in total. The Morgan fingerprint density at radius 3 is 2.96 bits per heavy atom. The van der Waals surface area contributed by atoms with Crippen LogP contribution in [-0.2, 0) is 13.1 Å². The average molecular weight is 350 g/mol. The van der Waals surface area contributed by atoms with Crippen molar-refractivity contribution in [1.82, 2.24) is 10.3 Å². The number of nitrogens with zero attached hydrogens (tertiary/aromatic N) is 1. The minimum Gasteiger partial charge on any atom is -0.454 e. The van der Waals surface area contributed by atoms with E-state index < -0.39 is 0 Å². The van der Waals surface area contributed by atoms with E-state index in [0.717, 1.165) is 42.3 Å². The lowest BCUT2D eigenvalue weighted by atomic mass is 9.97. The zero-order chi connectivity index (χ0) is 17.6. The van der Waals surface area contributed by atoms with Crippen LogP contribution in [-0.4, -0.2) is 11.8 Å². The minimum absolute atomic E-state index is 0.315. The number of allylic oxidation sites excluding steroid dienone is 2. The van der Waals surface area contributed by atoms with Crippen LogP contribution in [0.25, 0.3) is 5.57 Å². The van der Waals surface area contributed by atoms with Crippen LogP contribution < -0.4 is 14.8 Å². The number of nitrogens with one attached hydrogen (secondary N) is 1. The molecule has 0 unspecified atom stereocenters. The van der Waals surface area contributed by atoms with Crippen molar-refractivity contribution in [2.24, 2.45) is 0 Å². The monoisotopic (exact) mass is 350 g/mol. The van der Waals surface area contributed by atoms with Crippen LogP contribution >= 0.6 is 0 Å². The predicted octanol–water partition coefficient (Wildman–Crippen LogP) is 4.84. The summed E-state index contributed by atoms with van der Waals surface area (Å²) in [7, 11) is 0. The molecule has 2 aromatic rings. The molecule has 0 atom stereocenters. The van der Waals surface area contributed by atoms with E-state index >= 15 is 0 Å². The van der Waals surface area contributed by atoms with Crippen molar-refractivity contribution < 1.29 is 9.47 Å². The maximum atomic E-state index is 5.57. The van der Waals surface area contributed by atoms with Gasteiger partial charge in [0.15, 0.2) is 11.5 Å². The Bertz CT molecular complexity index is 785. The zero-order valence-electron chi connectivity index (χ0n) is 15.2. The fraction of sp³-hybridized carbons (Fsp3) is 0.409. The summed E-state index contributed by atoms with van der Waals surface area (Å²) in [6.07, 6.45) is 11.9. The number of para-hydroxylation sites is 1. The Balaban J connectivity index is 1.39. The summed E-state index contributed by atoms with van der Waals surface area (Å²) in [6, 6.07) is 10.4. The second kappa shape index (κ2) is 8.37. The van der Waals surface area contributed by atoms with Gasteiger partial charge in [0, 0.05) is 24.8 Å². The number of hydrogen-bond acceptors (Lipinski definition) is 4. The molecular weight excluding hydrogens is 324 g/mol. The van der Waals surface area contributed by atoms with Gasteiger partial charge < -0.3 is 14.8 Å². The SMILES string of the molecule is C1=C(\c2cc(CNCc3cccc4c3OCO4)ccn2)CCCCCC/1. The molecule has 0 bridgehead atoms. The number of hydrogen-bond donors (Lipinski definition) is 1. The van der Waals surface area contributed by atoms with Crippen LogP contribution in [0.5, 0.6) is 11.5 Å². The molecule has 26 heavy (non-hydrogen) atoms. The van der Waals surface area contributed by atoms with Gasteiger partial charge in [-0.15, -0.1) is 0 Å². The van der Waals surface area contributed by atoms with Gasteiger partial charge in [-0.1, -0.05) is 31.1 Å². The van der Waals surface area contributed by atoms with Crippen LogP contribution in [0.1, 0.15) is 55.3 Å². The highest BCUT2D eigenvalue weighted by Gasteiger charge is 2.16. The summed E-state index contributed by atoms with van der Waals surface area (Å²) < 4.78 is 11.0. The number of ether oxygens (including phenoxy) is 2. The Labute approximate surface area is 155 Å². The summed E-state index contributed by atoms with van der Waals surface area (Å²) in [5, 5.41) is 3.52. The molecule has 0 saturated heterocycles. The minimum atomic E-state index is 0.315. The van der Waals surface area contributed by atoms with E-state index in [-0.39, 0.29) is 0 Å². The molecular formula is C22H26N2O2. The van der Waals surface area contributed by atoms with E-state index in [0.29, 0.717) is 6.79 Å². The summed E-state index contributed by atoms with van der Waals surface area (Å²) >= 11 is 0. The van der Waals surface area contributed by atoms with Crippen LogP contribution in [0.15, 0.2) is 42.6 Å². The molecule has 4 rings (SSSR count). The van der Waals surface area contributed by atoms with Crippen molar-refractivity contribution >= 4 is 5.57 Å². The van der Waals surface area contributed by atoms with Crippen molar-refractivity contribution in [3.63, 3.8) is 0 Å². The van der Waals surface area contributed by atoms with Gasteiger partial charge >= 0.3 is 0 Å². The first-order chi connectivity index (χ1) is 12.9. The number of aromatic nitrogens is 1. The van der Waals surface area contributed by atoms with E-state index in [1.165, 1.54) is 43.2 Å². The Hall–Kier alpha value is -2.33. The zero-order valence-corrected chi connectivity index (χ0v) is 15.2. The van der Waals surface area contributed by atoms with Crippen molar-refractivity contribution in [2.45, 2.75) is 51.6 Å². The average Bonchev–Trinajstić information content (AvgIpc) is 3.11. The lowest BCUT2D eigenvalue weighted by Crippen LogP contribution is -2.13. The third-order valence-corrected chi connectivity index (χ3v) is 5.07. The smallest absolute Gasteiger partial charge is 0.231 e. The number of fused-ring (bicyclic) bond motifs is 1. The van der Waals surface area contributed by atoms with E-state index in [2.05, 4.69) is 34.6 Å². The molecule has 136 valence electrons. The van der Waals surface area contributed by atoms with E-state index in [1.807, 2.05) is 18.3 Å². The van der Waals surface area contributed by atoms with Crippen molar-refractivity contribution in [2.75, 3.05) is 6.79 Å². The largest absolute Gasteiger partial charge is 0.454 e. The van der Waals surface area contributed by atoms with Crippen LogP contribution in [0.4, 0.5) is 0 Å². The predicted molar refractivity (Wildman–Crippen MR) is 103 cm³/mol. The maximum absolute atomic E-state index is 5.57. The standard InChI is InChI=1S/C22H26N2O2/c1-2-4-7-18(8-5-3-1)20-13-17(11-12-24-20)14-23-15-19-9-6-10-21-22(19)26-16-25-21/h6-7,9-13,23H,1-5,8,14-16H2/b18-7-. The second-order valence-corrected chi connectivity index (χ2v) is 6.99. The van der Waals surface area contributed by atoms with E-state index in [4.69, 9.17) is 9.47 Å². The summed E-state index contributed by atoms with van der Waals surface area (Å²) in [5.74, 6) is 1.71. The molecule has 4 nitrogen and oxygen atoms in total. The third kappa shape index (κ3) is 4.07. The quantitative estimate of drug-likeness (QED) is 0.838. The third-order valence-electron chi connectivity index (χ3n) is 5.07. The van der Waals surface area contributed by atoms with E-state index in [1.54, 1.807) is 0 Å². The molecule has 1 aliphatic heterocycles. The molecule has 0 saturated carbocycles. The molecule has 2 heterocycles. The summed E-state index contributed by atoms with van der Waals surface area (Å²) in [4.78, 5) is 4.62. The molecule has 0 radical (unpaired) electrons. The van der Waals surface area contributed by atoms with Gasteiger partial charge in [0.2, 0.25) is 6.79 Å². The molecule has 0 spiro atoms. The number of pyridine rings is 1. The highest BCUT2D eigenvalue weighted by atomic mass is 16.7. The first-order valence-corrected chi connectivity index (χ1v) is 9.63. The van der Waals surface area contributed by atoms with Gasteiger partial charge in [0.1, 0.15) is 0 Å². The maximum Gasteiger partial charge on any atom is 0.231 e. The molecule has 1 aliphatic carbocycles. The molecule has 1 aromatic heterocycles. The Morgan fingerprint density at radius 1 is 1.00 bits per heavy atom. The first kappa shape index (κ1) is 17.1. The number of rotatable bonds is 5. The normalized spacial score (nSPS) is 18.7. The molecule has 0 amide bonds. The molecule has 4 heteroatoms. The van der Waals surface area contributed by atoms with Gasteiger partial charge in [0.05, 0.1) is 5.69 Å². The Kier molecular flexibility index (Phi) is 5.50. The summed E-state index contributed by atoms with van der Waals surface area (Å²) in [5.41, 5.74) is 4.96. The van der Waals surface area contributed by atoms with Crippen molar-refractivity contribution in [1.29, 1.82) is 0 Å². The topological polar surface area (TPSA) is 43.4 Å². The fourth-order valence-electron chi connectivity index (χ4n) is 3.66. The van der Waals surface area contributed by atoms with Crippen LogP contribution in [0.3, 0.4) is 0 Å². The van der Waals surface area contributed by atoms with Gasteiger partial charge in [0.25, 0.3) is 0 Å². The van der Waals surface area contributed by atoms with Crippen LogP contribution in [0.2, 0.25) is 0 Å². The highest BCUT2D eigenvalue weighted by molar-refractivity contribution is 5.63. The van der Waals surface area contributed by atoms with E-state index in [9.17, 15) is 0 Å². The summed E-state index contributed by atoms with van der Waals surface area (Å²) in [6.45, 7) is 1.88. The van der Waals surface area contributed by atoms with Gasteiger partial charge in [-0.25, -0.2) is 0 Å². The first-order valence-electron chi connectivity index (χ1n) is 9.63. The Morgan fingerprint density at radius 2 is 1.96 bits per heavy atom. The van der Waals surface area contributed by atoms with Gasteiger partial charge in [-0.3, -0.25) is 4.98 Å². The second-order valence-electron chi connectivity index (χ2n) is 6.99. The van der Waals surface area contributed by atoms with Crippen molar-refractivity contribution in [3.8, 4) is 11.5 Å². The van der Waals surface area contributed by atoms with Gasteiger partial charge in [-0.2, -0.15) is 0 Å². The lowest BCUT2D eigenvalue weighted by Gasteiger charge is -2.12. The van der Waals surface area contributed by atoms with Gasteiger partial charge in [-0.05, 0) is 55.0 Å². The molecule has 1 aromatic carbocycles. The number of benzene rings is 1. The van der Waals surface area contributed by atoms with Crippen molar-refractivity contribution in [3.05, 3.63) is 59.4 Å². The fourth-order valence-corrected chi connectivity index (χ4v) is 3.66. The molecule has 0 fully saturated rings. The highest BCUT2D eigenvalue weighted by Crippen LogP contribution is 2.35.